The van der Waals surface area contributed by atoms with Gasteiger partial charge in [0.15, 0.2) is 0 Å². The third kappa shape index (κ3) is 4.86. The molecule has 29 heavy (non-hydrogen) atoms. The molecule has 3 rings (SSSR count). The maximum atomic E-state index is 13.0. The summed E-state index contributed by atoms with van der Waals surface area (Å²) in [4.78, 5) is 30.6. The first-order chi connectivity index (χ1) is 13.8. The van der Waals surface area contributed by atoms with Crippen LogP contribution in [0.2, 0.25) is 10.0 Å². The van der Waals surface area contributed by atoms with Crippen molar-refractivity contribution in [3.8, 4) is 0 Å². The number of anilines is 3. The summed E-state index contributed by atoms with van der Waals surface area (Å²) in [7, 11) is 0. The summed E-state index contributed by atoms with van der Waals surface area (Å²) in [6.45, 7) is 0. The molecule has 0 aliphatic heterocycles. The Balaban J connectivity index is 1.85. The molecule has 0 saturated heterocycles. The number of halogens is 3. The molecule has 0 aliphatic carbocycles. The molecule has 1 aromatic heterocycles. The van der Waals surface area contributed by atoms with E-state index in [0.29, 0.717) is 10.7 Å². The second-order valence-corrected chi connectivity index (χ2v) is 6.36. The van der Waals surface area contributed by atoms with Gasteiger partial charge in [-0.15, -0.1) is 0 Å². The van der Waals surface area contributed by atoms with Crippen LogP contribution in [0.15, 0.2) is 48.8 Å². The number of benzene rings is 2. The minimum Gasteiger partial charge on any atom is -0.333 e. The summed E-state index contributed by atoms with van der Waals surface area (Å²) < 4.78 is 13.0. The van der Waals surface area contributed by atoms with E-state index in [0.717, 1.165) is 18.5 Å². The molecule has 9 nitrogen and oxygen atoms in total. The Morgan fingerprint density at radius 2 is 1.76 bits per heavy atom. The van der Waals surface area contributed by atoms with Gasteiger partial charge in [0.1, 0.15) is 12.1 Å². The molecule has 0 aliphatic rings. The molecule has 0 saturated carbocycles. The summed E-state index contributed by atoms with van der Waals surface area (Å²) in [5.41, 5.74) is 4.53. The van der Waals surface area contributed by atoms with Gasteiger partial charge >= 0.3 is 5.69 Å². The number of aromatic nitrogens is 2. The maximum absolute atomic E-state index is 13.0. The Hall–Kier alpha value is -3.50. The Bertz CT molecular complexity index is 1080. The first-order valence-corrected chi connectivity index (χ1v) is 8.64. The maximum Gasteiger partial charge on any atom is 0.355 e. The number of nitrogens with one attached hydrogen (secondary N) is 3. The van der Waals surface area contributed by atoms with Crippen molar-refractivity contribution in [2.45, 2.75) is 0 Å². The fourth-order valence-electron chi connectivity index (χ4n) is 2.24. The van der Waals surface area contributed by atoms with E-state index >= 15 is 0 Å². The number of nitro groups is 1. The number of hydrazine groups is 1. The quantitative estimate of drug-likeness (QED) is 0.388. The van der Waals surface area contributed by atoms with Gasteiger partial charge in [-0.1, -0.05) is 23.2 Å². The SMILES string of the molecule is O=C(NNc1ncnc(Nc2cc(Cl)ccc2Cl)c1[N+](=O)[O-])c1ccc(F)cc1. The highest BCUT2D eigenvalue weighted by atomic mass is 35.5. The van der Waals surface area contributed by atoms with E-state index in [4.69, 9.17) is 23.2 Å². The van der Waals surface area contributed by atoms with Crippen LogP contribution in [0.4, 0.5) is 27.4 Å². The third-order valence-corrected chi connectivity index (χ3v) is 4.15. The zero-order chi connectivity index (χ0) is 21.0. The van der Waals surface area contributed by atoms with Gasteiger partial charge in [0, 0.05) is 10.6 Å². The van der Waals surface area contributed by atoms with E-state index in [1.165, 1.54) is 24.3 Å². The normalized spacial score (nSPS) is 10.3. The molecular formula is C17H11Cl2FN6O3. The molecule has 2 aromatic carbocycles. The molecule has 0 spiro atoms. The van der Waals surface area contributed by atoms with Crippen molar-refractivity contribution in [3.63, 3.8) is 0 Å². The number of carbonyl (C=O) groups is 1. The molecule has 0 fully saturated rings. The van der Waals surface area contributed by atoms with Crippen molar-refractivity contribution in [2.75, 3.05) is 10.7 Å². The van der Waals surface area contributed by atoms with Gasteiger partial charge in [-0.2, -0.15) is 0 Å². The smallest absolute Gasteiger partial charge is 0.333 e. The highest BCUT2D eigenvalue weighted by molar-refractivity contribution is 6.35. The van der Waals surface area contributed by atoms with Gasteiger partial charge in [-0.3, -0.25) is 25.8 Å². The molecule has 3 N–H and O–H groups in total. The minimum atomic E-state index is -0.729. The van der Waals surface area contributed by atoms with Crippen LogP contribution in [0.1, 0.15) is 10.4 Å². The lowest BCUT2D eigenvalue weighted by Crippen LogP contribution is -2.30. The van der Waals surface area contributed by atoms with E-state index in [1.807, 2.05) is 0 Å². The van der Waals surface area contributed by atoms with E-state index < -0.39 is 22.3 Å². The number of hydrogen-bond donors (Lipinski definition) is 3. The summed E-state index contributed by atoms with van der Waals surface area (Å²) in [6.07, 6.45) is 1.06. The molecule has 148 valence electrons. The number of carbonyl (C=O) groups excluding carboxylic acids is 1. The molecule has 3 aromatic rings. The monoisotopic (exact) mass is 436 g/mol. The molecule has 0 unspecified atom stereocenters. The van der Waals surface area contributed by atoms with Crippen molar-refractivity contribution >= 4 is 52.1 Å². The van der Waals surface area contributed by atoms with Crippen LogP contribution in [-0.4, -0.2) is 20.8 Å². The Kier molecular flexibility index (Phi) is 6.05. The lowest BCUT2D eigenvalue weighted by molar-refractivity contribution is -0.383. The Morgan fingerprint density at radius 1 is 1.07 bits per heavy atom. The van der Waals surface area contributed by atoms with Crippen LogP contribution in [0.25, 0.3) is 0 Å². The molecule has 1 amide bonds. The molecule has 0 radical (unpaired) electrons. The number of hydrogen-bond acceptors (Lipinski definition) is 7. The number of amides is 1. The van der Waals surface area contributed by atoms with E-state index in [-0.39, 0.29) is 22.2 Å². The Morgan fingerprint density at radius 3 is 2.45 bits per heavy atom. The summed E-state index contributed by atoms with van der Waals surface area (Å²) in [5.74, 6) is -1.60. The minimum absolute atomic E-state index is 0.139. The van der Waals surface area contributed by atoms with Crippen molar-refractivity contribution in [3.05, 3.63) is 80.3 Å². The summed E-state index contributed by atoms with van der Waals surface area (Å²) in [6, 6.07) is 9.28. The third-order valence-electron chi connectivity index (χ3n) is 3.59. The molecule has 0 bridgehead atoms. The van der Waals surface area contributed by atoms with Crippen molar-refractivity contribution < 1.29 is 14.1 Å². The van der Waals surface area contributed by atoms with Crippen molar-refractivity contribution in [1.29, 1.82) is 0 Å². The Labute approximate surface area is 173 Å². The van der Waals surface area contributed by atoms with Crippen LogP contribution in [-0.2, 0) is 0 Å². The molecule has 0 atom stereocenters. The highest BCUT2D eigenvalue weighted by Gasteiger charge is 2.24. The van der Waals surface area contributed by atoms with Crippen LogP contribution in [0, 0.1) is 15.9 Å². The topological polar surface area (TPSA) is 122 Å². The fourth-order valence-corrected chi connectivity index (χ4v) is 2.58. The van der Waals surface area contributed by atoms with Crippen molar-refractivity contribution in [1.82, 2.24) is 15.4 Å². The number of rotatable bonds is 6. The van der Waals surface area contributed by atoms with Crippen LogP contribution in [0.5, 0.6) is 0 Å². The zero-order valence-electron chi connectivity index (χ0n) is 14.3. The lowest BCUT2D eigenvalue weighted by Gasteiger charge is -2.12. The number of nitrogens with zero attached hydrogens (tertiary/aromatic N) is 3. The lowest BCUT2D eigenvalue weighted by atomic mass is 10.2. The van der Waals surface area contributed by atoms with Crippen LogP contribution < -0.4 is 16.2 Å². The van der Waals surface area contributed by atoms with Gasteiger partial charge in [0.05, 0.1) is 15.6 Å². The van der Waals surface area contributed by atoms with Gasteiger partial charge in [0.25, 0.3) is 5.91 Å². The van der Waals surface area contributed by atoms with Crippen LogP contribution >= 0.6 is 23.2 Å². The summed E-state index contributed by atoms with van der Waals surface area (Å²) >= 11 is 12.0. The van der Waals surface area contributed by atoms with E-state index in [9.17, 15) is 19.3 Å². The van der Waals surface area contributed by atoms with Gasteiger partial charge in [-0.25, -0.2) is 14.4 Å². The molecule has 1 heterocycles. The van der Waals surface area contributed by atoms with Crippen LogP contribution in [0.3, 0.4) is 0 Å². The first-order valence-electron chi connectivity index (χ1n) is 7.88. The van der Waals surface area contributed by atoms with Gasteiger partial charge in [0.2, 0.25) is 11.6 Å². The fraction of sp³-hybridized carbons (Fsp3) is 0. The highest BCUT2D eigenvalue weighted by Crippen LogP contribution is 2.34. The second kappa shape index (κ2) is 8.67. The first kappa shape index (κ1) is 20.2. The van der Waals surface area contributed by atoms with Gasteiger partial charge in [-0.05, 0) is 42.5 Å². The average Bonchev–Trinajstić information content (AvgIpc) is 2.69. The van der Waals surface area contributed by atoms with Gasteiger partial charge < -0.3 is 5.32 Å². The second-order valence-electron chi connectivity index (χ2n) is 5.51. The average molecular weight is 437 g/mol. The standard InChI is InChI=1S/C17H11Cl2FN6O3/c18-10-3-6-12(19)13(7-10)23-15-14(26(28)29)16(22-8-21-15)24-25-17(27)9-1-4-11(20)5-2-9/h1-8H,(H,25,27)(H2,21,22,23,24). The zero-order valence-corrected chi connectivity index (χ0v) is 15.8. The van der Waals surface area contributed by atoms with E-state index in [1.54, 1.807) is 6.07 Å². The van der Waals surface area contributed by atoms with E-state index in [2.05, 4.69) is 26.1 Å². The largest absolute Gasteiger partial charge is 0.355 e. The predicted molar refractivity (Wildman–Crippen MR) is 106 cm³/mol. The predicted octanol–water partition coefficient (Wildman–Crippen LogP) is 4.33. The molecule has 12 heteroatoms. The van der Waals surface area contributed by atoms with Crippen molar-refractivity contribution in [2.24, 2.45) is 0 Å². The summed E-state index contributed by atoms with van der Waals surface area (Å²) in [5, 5.41) is 14.9. The molecular weight excluding hydrogens is 426 g/mol.